The predicted octanol–water partition coefficient (Wildman–Crippen LogP) is 1.34. The van der Waals surface area contributed by atoms with Crippen LogP contribution in [0.5, 0.6) is 0 Å². The molecular formula is C11H11N3O2. The van der Waals surface area contributed by atoms with Crippen molar-refractivity contribution in [3.63, 3.8) is 0 Å². The largest absolute Gasteiger partial charge is 0.481 e. The minimum absolute atomic E-state index is 0.00657. The molecule has 1 aromatic heterocycles. The monoisotopic (exact) mass is 217 g/mol. The van der Waals surface area contributed by atoms with E-state index in [2.05, 4.69) is 10.3 Å². The zero-order valence-corrected chi connectivity index (χ0v) is 8.52. The molecule has 1 unspecified atom stereocenters. The van der Waals surface area contributed by atoms with E-state index in [1.165, 1.54) is 6.20 Å². The van der Waals surface area contributed by atoms with Gasteiger partial charge in [-0.25, -0.2) is 4.68 Å². The molecule has 1 aromatic carbocycles. The quantitative estimate of drug-likeness (QED) is 0.839. The summed E-state index contributed by atoms with van der Waals surface area (Å²) in [5.74, 6) is -0.857. The Hall–Kier alpha value is -2.17. The van der Waals surface area contributed by atoms with Crippen molar-refractivity contribution in [3.05, 3.63) is 48.3 Å². The molecule has 0 saturated heterocycles. The van der Waals surface area contributed by atoms with E-state index in [1.54, 1.807) is 10.9 Å². The lowest BCUT2D eigenvalue weighted by Crippen LogP contribution is -2.15. The third-order valence-corrected chi connectivity index (χ3v) is 2.31. The standard InChI is InChI=1S/C11H11N3O2/c15-11(16)8-10(14-7-6-12-13-14)9-4-2-1-3-5-9/h1-7,10H,8H2,(H,15,16). The first-order valence-electron chi connectivity index (χ1n) is 4.90. The maximum absolute atomic E-state index is 10.8. The van der Waals surface area contributed by atoms with E-state index < -0.39 is 5.97 Å². The number of nitrogens with zero attached hydrogens (tertiary/aromatic N) is 3. The van der Waals surface area contributed by atoms with Gasteiger partial charge in [-0.05, 0) is 5.56 Å². The van der Waals surface area contributed by atoms with E-state index >= 15 is 0 Å². The summed E-state index contributed by atoms with van der Waals surface area (Å²) in [6.45, 7) is 0. The number of aromatic nitrogens is 3. The molecule has 0 spiro atoms. The molecule has 2 aromatic rings. The van der Waals surface area contributed by atoms with Crippen LogP contribution in [0.25, 0.3) is 0 Å². The highest BCUT2D eigenvalue weighted by atomic mass is 16.4. The molecule has 5 nitrogen and oxygen atoms in total. The highest BCUT2D eigenvalue weighted by Crippen LogP contribution is 2.20. The van der Waals surface area contributed by atoms with Crippen molar-refractivity contribution in [2.24, 2.45) is 0 Å². The van der Waals surface area contributed by atoms with Gasteiger partial charge in [0.25, 0.3) is 0 Å². The highest BCUT2D eigenvalue weighted by molar-refractivity contribution is 5.68. The van der Waals surface area contributed by atoms with E-state index in [-0.39, 0.29) is 12.5 Å². The van der Waals surface area contributed by atoms with Gasteiger partial charge in [0, 0.05) is 6.20 Å². The molecule has 0 aliphatic rings. The number of carboxylic acid groups (broad SMARTS) is 1. The summed E-state index contributed by atoms with van der Waals surface area (Å²) >= 11 is 0. The van der Waals surface area contributed by atoms with Crippen molar-refractivity contribution in [2.45, 2.75) is 12.5 Å². The van der Waals surface area contributed by atoms with Crippen LogP contribution >= 0.6 is 0 Å². The molecule has 0 saturated carbocycles. The van der Waals surface area contributed by atoms with E-state index in [1.807, 2.05) is 30.3 Å². The van der Waals surface area contributed by atoms with Crippen molar-refractivity contribution in [3.8, 4) is 0 Å². The highest BCUT2D eigenvalue weighted by Gasteiger charge is 2.17. The van der Waals surface area contributed by atoms with Gasteiger partial charge >= 0.3 is 5.97 Å². The van der Waals surface area contributed by atoms with Gasteiger partial charge in [0.2, 0.25) is 0 Å². The molecule has 0 amide bonds. The Bertz CT molecular complexity index is 453. The van der Waals surface area contributed by atoms with Crippen LogP contribution in [-0.4, -0.2) is 26.1 Å². The van der Waals surface area contributed by atoms with Crippen LogP contribution in [-0.2, 0) is 4.79 Å². The number of aliphatic carboxylic acids is 1. The molecule has 0 fully saturated rings. The number of carbonyl (C=O) groups is 1. The molecule has 0 radical (unpaired) electrons. The second-order valence-corrected chi connectivity index (χ2v) is 3.41. The van der Waals surface area contributed by atoms with Gasteiger partial charge in [0.05, 0.1) is 18.7 Å². The predicted molar refractivity (Wildman–Crippen MR) is 56.9 cm³/mol. The van der Waals surface area contributed by atoms with E-state index in [4.69, 9.17) is 5.11 Å². The molecule has 1 N–H and O–H groups in total. The van der Waals surface area contributed by atoms with E-state index in [0.29, 0.717) is 0 Å². The van der Waals surface area contributed by atoms with Gasteiger partial charge in [-0.3, -0.25) is 4.79 Å². The van der Waals surface area contributed by atoms with Crippen molar-refractivity contribution < 1.29 is 9.90 Å². The SMILES string of the molecule is O=C(O)CC(c1ccccc1)n1ccnn1. The third kappa shape index (κ3) is 2.25. The van der Waals surface area contributed by atoms with Gasteiger partial charge in [0.15, 0.2) is 0 Å². The first kappa shape index (κ1) is 10.4. The second kappa shape index (κ2) is 4.57. The number of hydrogen-bond donors (Lipinski definition) is 1. The van der Waals surface area contributed by atoms with Gasteiger partial charge in [-0.1, -0.05) is 35.5 Å². The van der Waals surface area contributed by atoms with Crippen molar-refractivity contribution in [2.75, 3.05) is 0 Å². The molecule has 2 rings (SSSR count). The number of hydrogen-bond acceptors (Lipinski definition) is 3. The number of benzene rings is 1. The first-order chi connectivity index (χ1) is 7.77. The number of carboxylic acids is 1. The summed E-state index contributed by atoms with van der Waals surface area (Å²) in [4.78, 5) is 10.8. The first-order valence-corrected chi connectivity index (χ1v) is 4.90. The zero-order chi connectivity index (χ0) is 11.4. The van der Waals surface area contributed by atoms with Gasteiger partial charge in [-0.2, -0.15) is 0 Å². The Morgan fingerprint density at radius 2 is 2.12 bits per heavy atom. The molecule has 0 aliphatic carbocycles. The lowest BCUT2D eigenvalue weighted by molar-refractivity contribution is -0.137. The topological polar surface area (TPSA) is 68.0 Å². The third-order valence-electron chi connectivity index (χ3n) is 2.31. The summed E-state index contributed by atoms with van der Waals surface area (Å²) in [5.41, 5.74) is 0.912. The summed E-state index contributed by atoms with van der Waals surface area (Å²) in [6.07, 6.45) is 3.20. The smallest absolute Gasteiger partial charge is 0.305 e. The molecule has 16 heavy (non-hydrogen) atoms. The van der Waals surface area contributed by atoms with Gasteiger partial charge in [0.1, 0.15) is 0 Å². The van der Waals surface area contributed by atoms with Crippen LogP contribution in [0, 0.1) is 0 Å². The van der Waals surface area contributed by atoms with Gasteiger partial charge in [-0.15, -0.1) is 5.10 Å². The summed E-state index contributed by atoms with van der Waals surface area (Å²) in [5, 5.41) is 16.4. The molecule has 0 bridgehead atoms. The maximum atomic E-state index is 10.8. The molecular weight excluding hydrogens is 206 g/mol. The van der Waals surface area contributed by atoms with Crippen LogP contribution < -0.4 is 0 Å². The van der Waals surface area contributed by atoms with E-state index in [0.717, 1.165) is 5.56 Å². The Labute approximate surface area is 92.3 Å². The fraction of sp³-hybridized carbons (Fsp3) is 0.182. The lowest BCUT2D eigenvalue weighted by Gasteiger charge is -2.14. The maximum Gasteiger partial charge on any atom is 0.305 e. The Morgan fingerprint density at radius 3 is 2.69 bits per heavy atom. The Balaban J connectivity index is 2.32. The van der Waals surface area contributed by atoms with E-state index in [9.17, 15) is 4.79 Å². The average Bonchev–Trinajstić information content (AvgIpc) is 2.80. The fourth-order valence-electron chi connectivity index (χ4n) is 1.59. The molecule has 5 heteroatoms. The van der Waals surface area contributed by atoms with Crippen LogP contribution in [0.3, 0.4) is 0 Å². The normalized spacial score (nSPS) is 12.2. The lowest BCUT2D eigenvalue weighted by atomic mass is 10.0. The molecule has 1 heterocycles. The van der Waals surface area contributed by atoms with Crippen LogP contribution in [0.4, 0.5) is 0 Å². The van der Waals surface area contributed by atoms with Crippen molar-refractivity contribution in [1.29, 1.82) is 0 Å². The minimum Gasteiger partial charge on any atom is -0.481 e. The van der Waals surface area contributed by atoms with Crippen molar-refractivity contribution in [1.82, 2.24) is 15.0 Å². The van der Waals surface area contributed by atoms with Crippen LogP contribution in [0.15, 0.2) is 42.7 Å². The molecule has 82 valence electrons. The average molecular weight is 217 g/mol. The van der Waals surface area contributed by atoms with Crippen LogP contribution in [0.1, 0.15) is 18.0 Å². The Kier molecular flexibility index (Phi) is 2.95. The summed E-state index contributed by atoms with van der Waals surface area (Å²) in [6, 6.07) is 9.11. The second-order valence-electron chi connectivity index (χ2n) is 3.41. The van der Waals surface area contributed by atoms with Crippen molar-refractivity contribution >= 4 is 5.97 Å². The Morgan fingerprint density at radius 1 is 1.38 bits per heavy atom. The fourth-order valence-corrected chi connectivity index (χ4v) is 1.59. The number of rotatable bonds is 4. The summed E-state index contributed by atoms with van der Waals surface area (Å²) in [7, 11) is 0. The molecule has 1 atom stereocenters. The van der Waals surface area contributed by atoms with Gasteiger partial charge < -0.3 is 5.11 Å². The summed E-state index contributed by atoms with van der Waals surface area (Å²) < 4.78 is 1.56. The molecule has 0 aliphatic heterocycles. The zero-order valence-electron chi connectivity index (χ0n) is 8.52. The van der Waals surface area contributed by atoms with Crippen LogP contribution in [0.2, 0.25) is 0 Å². The minimum atomic E-state index is -0.857.